The third-order valence-electron chi connectivity index (χ3n) is 4.50. The van der Waals surface area contributed by atoms with Crippen molar-refractivity contribution in [2.24, 2.45) is 7.05 Å². The van der Waals surface area contributed by atoms with E-state index in [-0.39, 0.29) is 6.61 Å². The van der Waals surface area contributed by atoms with Gasteiger partial charge in [-0.05, 0) is 23.8 Å². The molecule has 0 aliphatic rings. The Morgan fingerprint density at radius 2 is 2.03 bits per heavy atom. The van der Waals surface area contributed by atoms with Crippen molar-refractivity contribution in [1.82, 2.24) is 29.5 Å². The maximum Gasteiger partial charge on any atom is 0.227 e. The first-order valence-corrected chi connectivity index (χ1v) is 9.52. The lowest BCUT2D eigenvalue weighted by Crippen LogP contribution is -2.27. The highest BCUT2D eigenvalue weighted by molar-refractivity contribution is 5.66. The SMILES string of the molecule is Cn1cc(Nc2ncc(-c3ccc(C#N)c(OC(CO)Cn4cccn4)c3)cn2)cn1. The topological polar surface area (TPSA) is 127 Å². The zero-order valence-corrected chi connectivity index (χ0v) is 16.8. The van der Waals surface area contributed by atoms with Crippen LogP contribution >= 0.6 is 0 Å². The number of anilines is 2. The molecule has 0 amide bonds. The van der Waals surface area contributed by atoms with Crippen LogP contribution in [0, 0.1) is 11.3 Å². The predicted molar refractivity (Wildman–Crippen MR) is 112 cm³/mol. The molecule has 156 valence electrons. The maximum absolute atomic E-state index is 9.71. The molecule has 0 spiro atoms. The average Bonchev–Trinajstić information content (AvgIpc) is 3.45. The van der Waals surface area contributed by atoms with Gasteiger partial charge in [0.2, 0.25) is 5.95 Å². The number of hydrogen-bond acceptors (Lipinski definition) is 8. The summed E-state index contributed by atoms with van der Waals surface area (Å²) in [6, 6.07) is 9.14. The Bertz CT molecular complexity index is 1180. The number of aliphatic hydroxyl groups excluding tert-OH is 1. The van der Waals surface area contributed by atoms with Crippen molar-refractivity contribution in [3.8, 4) is 22.9 Å². The number of nitrogens with zero attached hydrogens (tertiary/aromatic N) is 7. The van der Waals surface area contributed by atoms with Gasteiger partial charge >= 0.3 is 0 Å². The predicted octanol–water partition coefficient (Wildman–Crippen LogP) is 2.13. The van der Waals surface area contributed by atoms with E-state index in [4.69, 9.17) is 4.74 Å². The molecule has 31 heavy (non-hydrogen) atoms. The van der Waals surface area contributed by atoms with Crippen LogP contribution in [0.1, 0.15) is 5.56 Å². The molecule has 0 fully saturated rings. The van der Waals surface area contributed by atoms with Crippen LogP contribution in [0.2, 0.25) is 0 Å². The second kappa shape index (κ2) is 9.06. The second-order valence-electron chi connectivity index (χ2n) is 6.80. The zero-order chi connectivity index (χ0) is 21.6. The summed E-state index contributed by atoms with van der Waals surface area (Å²) in [5.74, 6) is 0.824. The summed E-state index contributed by atoms with van der Waals surface area (Å²) >= 11 is 0. The number of rotatable bonds is 8. The molecule has 0 aliphatic carbocycles. The minimum atomic E-state index is -0.551. The third kappa shape index (κ3) is 4.85. The van der Waals surface area contributed by atoms with Crippen LogP contribution in [0.15, 0.2) is 61.4 Å². The first-order valence-electron chi connectivity index (χ1n) is 9.52. The summed E-state index contributed by atoms with van der Waals surface area (Å²) in [7, 11) is 1.83. The Balaban J connectivity index is 1.53. The number of hydrogen-bond donors (Lipinski definition) is 2. The van der Waals surface area contributed by atoms with Gasteiger partial charge in [-0.2, -0.15) is 15.5 Å². The molecule has 10 heteroatoms. The van der Waals surface area contributed by atoms with E-state index < -0.39 is 6.10 Å². The Kier molecular flexibility index (Phi) is 5.86. The minimum Gasteiger partial charge on any atom is -0.485 e. The van der Waals surface area contributed by atoms with Gasteiger partial charge < -0.3 is 15.2 Å². The molecular formula is C21H20N8O2. The Morgan fingerprint density at radius 1 is 1.19 bits per heavy atom. The summed E-state index contributed by atoms with van der Waals surface area (Å²) in [6.07, 6.45) is 9.76. The number of benzene rings is 1. The van der Waals surface area contributed by atoms with Crippen molar-refractivity contribution in [3.63, 3.8) is 0 Å². The van der Waals surface area contributed by atoms with Crippen LogP contribution in [-0.2, 0) is 13.6 Å². The molecule has 0 saturated carbocycles. The van der Waals surface area contributed by atoms with Gasteiger partial charge in [0.25, 0.3) is 0 Å². The van der Waals surface area contributed by atoms with Crippen molar-refractivity contribution in [2.45, 2.75) is 12.6 Å². The fraction of sp³-hybridized carbons (Fsp3) is 0.190. The van der Waals surface area contributed by atoms with Crippen LogP contribution in [0.4, 0.5) is 11.6 Å². The normalized spacial score (nSPS) is 11.6. The van der Waals surface area contributed by atoms with E-state index in [1.54, 1.807) is 64.6 Å². The fourth-order valence-electron chi connectivity index (χ4n) is 2.98. The number of nitriles is 1. The average molecular weight is 416 g/mol. The Hall–Kier alpha value is -4.23. The summed E-state index contributed by atoms with van der Waals surface area (Å²) in [6.45, 7) is 0.142. The lowest BCUT2D eigenvalue weighted by atomic mass is 10.1. The van der Waals surface area contributed by atoms with Crippen LogP contribution in [0.5, 0.6) is 5.75 Å². The number of ether oxygens (including phenoxy) is 1. The minimum absolute atomic E-state index is 0.215. The van der Waals surface area contributed by atoms with Gasteiger partial charge in [0.15, 0.2) is 0 Å². The van der Waals surface area contributed by atoms with Crippen LogP contribution in [0.25, 0.3) is 11.1 Å². The van der Waals surface area contributed by atoms with Gasteiger partial charge in [-0.25, -0.2) is 9.97 Å². The van der Waals surface area contributed by atoms with Crippen molar-refractivity contribution in [1.29, 1.82) is 5.26 Å². The summed E-state index contributed by atoms with van der Waals surface area (Å²) in [4.78, 5) is 8.68. The van der Waals surface area contributed by atoms with Gasteiger partial charge in [0, 0.05) is 43.6 Å². The van der Waals surface area contributed by atoms with E-state index in [1.165, 1.54) is 0 Å². The smallest absolute Gasteiger partial charge is 0.227 e. The molecule has 1 aromatic carbocycles. The molecule has 0 saturated heterocycles. The highest BCUT2D eigenvalue weighted by atomic mass is 16.5. The van der Waals surface area contributed by atoms with Gasteiger partial charge in [0.1, 0.15) is 17.9 Å². The van der Waals surface area contributed by atoms with Gasteiger partial charge in [-0.15, -0.1) is 0 Å². The van der Waals surface area contributed by atoms with Crippen LogP contribution in [-0.4, -0.2) is 47.3 Å². The lowest BCUT2D eigenvalue weighted by molar-refractivity contribution is 0.0980. The summed E-state index contributed by atoms with van der Waals surface area (Å²) in [5, 5.41) is 30.5. The van der Waals surface area contributed by atoms with Crippen molar-refractivity contribution in [2.75, 3.05) is 11.9 Å². The van der Waals surface area contributed by atoms with Crippen LogP contribution < -0.4 is 10.1 Å². The maximum atomic E-state index is 9.71. The number of aliphatic hydroxyl groups is 1. The molecule has 1 unspecified atom stereocenters. The van der Waals surface area contributed by atoms with Gasteiger partial charge in [-0.1, -0.05) is 6.07 Å². The highest BCUT2D eigenvalue weighted by Gasteiger charge is 2.15. The Labute approximate surface area is 178 Å². The molecule has 4 rings (SSSR count). The molecule has 4 aromatic rings. The highest BCUT2D eigenvalue weighted by Crippen LogP contribution is 2.28. The van der Waals surface area contributed by atoms with E-state index >= 15 is 0 Å². The van der Waals surface area contributed by atoms with E-state index in [0.717, 1.165) is 16.8 Å². The Morgan fingerprint density at radius 3 is 2.68 bits per heavy atom. The van der Waals surface area contributed by atoms with Crippen molar-refractivity contribution < 1.29 is 9.84 Å². The van der Waals surface area contributed by atoms with Crippen molar-refractivity contribution in [3.05, 3.63) is 67.0 Å². The molecule has 3 heterocycles. The molecule has 0 radical (unpaired) electrons. The molecule has 3 aromatic heterocycles. The molecule has 10 nitrogen and oxygen atoms in total. The van der Waals surface area contributed by atoms with E-state index in [2.05, 4.69) is 31.6 Å². The zero-order valence-electron chi connectivity index (χ0n) is 16.8. The second-order valence-corrected chi connectivity index (χ2v) is 6.80. The molecule has 0 bridgehead atoms. The van der Waals surface area contributed by atoms with E-state index in [0.29, 0.717) is 23.8 Å². The van der Waals surface area contributed by atoms with E-state index in [9.17, 15) is 10.4 Å². The first-order chi connectivity index (χ1) is 15.1. The van der Waals surface area contributed by atoms with Crippen molar-refractivity contribution >= 4 is 11.6 Å². The quantitative estimate of drug-likeness (QED) is 0.447. The molecule has 2 N–H and O–H groups in total. The van der Waals surface area contributed by atoms with Gasteiger partial charge in [0.05, 0.1) is 30.6 Å². The standard InChI is InChI=1S/C21H20N8O2/c1-28-12-18(11-26-28)27-21-23-9-17(10-24-21)15-3-4-16(8-22)20(7-15)31-19(14-30)13-29-6-2-5-25-29/h2-7,9-12,19,30H,13-14H2,1H3,(H,23,24,27). The first kappa shape index (κ1) is 20.1. The lowest BCUT2D eigenvalue weighted by Gasteiger charge is -2.18. The number of nitrogens with one attached hydrogen (secondary N) is 1. The number of aromatic nitrogens is 6. The fourth-order valence-corrected chi connectivity index (χ4v) is 2.98. The third-order valence-corrected chi connectivity index (χ3v) is 4.50. The van der Waals surface area contributed by atoms with Gasteiger partial charge in [-0.3, -0.25) is 9.36 Å². The number of aryl methyl sites for hydroxylation is 1. The van der Waals surface area contributed by atoms with Crippen LogP contribution in [0.3, 0.4) is 0 Å². The summed E-state index contributed by atoms with van der Waals surface area (Å²) in [5.41, 5.74) is 2.71. The van der Waals surface area contributed by atoms with E-state index in [1.807, 2.05) is 13.2 Å². The molecule has 0 aliphatic heterocycles. The monoisotopic (exact) mass is 416 g/mol. The molecular weight excluding hydrogens is 396 g/mol. The molecule has 1 atom stereocenters. The largest absolute Gasteiger partial charge is 0.485 e. The summed E-state index contributed by atoms with van der Waals surface area (Å²) < 4.78 is 9.28.